The van der Waals surface area contributed by atoms with Crippen molar-refractivity contribution in [2.75, 3.05) is 6.61 Å². The van der Waals surface area contributed by atoms with E-state index in [1.54, 1.807) is 6.92 Å². The first-order valence-corrected chi connectivity index (χ1v) is 7.17. The SMILES string of the molecule is CCOC(=O)C(=C(C)O)C1(C(C#N)C(N)=O)CCCCC1. The number of ether oxygens (including phenoxy) is 1. The second-order valence-electron chi connectivity index (χ2n) is 5.36. The van der Waals surface area contributed by atoms with Gasteiger partial charge in [-0.3, -0.25) is 4.79 Å². The summed E-state index contributed by atoms with van der Waals surface area (Å²) < 4.78 is 5.00. The van der Waals surface area contributed by atoms with Crippen molar-refractivity contribution in [1.29, 1.82) is 5.26 Å². The fraction of sp³-hybridized carbons (Fsp3) is 0.667. The van der Waals surface area contributed by atoms with E-state index in [9.17, 15) is 20.0 Å². The number of nitriles is 1. The van der Waals surface area contributed by atoms with Gasteiger partial charge in [-0.2, -0.15) is 5.26 Å². The van der Waals surface area contributed by atoms with E-state index in [4.69, 9.17) is 10.5 Å². The highest BCUT2D eigenvalue weighted by Crippen LogP contribution is 2.49. The Hall–Kier alpha value is -2.03. The van der Waals surface area contributed by atoms with Crippen molar-refractivity contribution in [2.45, 2.75) is 46.0 Å². The summed E-state index contributed by atoms with van der Waals surface area (Å²) in [4.78, 5) is 23.9. The first-order valence-electron chi connectivity index (χ1n) is 7.17. The van der Waals surface area contributed by atoms with Gasteiger partial charge in [-0.05, 0) is 26.7 Å². The Morgan fingerprint density at radius 3 is 2.33 bits per heavy atom. The minimum Gasteiger partial charge on any atom is -0.512 e. The van der Waals surface area contributed by atoms with Gasteiger partial charge in [-0.15, -0.1) is 0 Å². The zero-order valence-electron chi connectivity index (χ0n) is 12.5. The van der Waals surface area contributed by atoms with Crippen LogP contribution in [0.5, 0.6) is 0 Å². The molecule has 6 nitrogen and oxygen atoms in total. The normalized spacial score (nSPS) is 19.9. The topological polar surface area (TPSA) is 113 Å². The van der Waals surface area contributed by atoms with Gasteiger partial charge in [0.1, 0.15) is 11.7 Å². The Morgan fingerprint density at radius 2 is 1.95 bits per heavy atom. The predicted molar refractivity (Wildman–Crippen MR) is 75.8 cm³/mol. The van der Waals surface area contributed by atoms with E-state index >= 15 is 0 Å². The molecule has 116 valence electrons. The van der Waals surface area contributed by atoms with Crippen LogP contribution in [0, 0.1) is 22.7 Å². The van der Waals surface area contributed by atoms with Gasteiger partial charge in [0.15, 0.2) is 0 Å². The molecule has 0 aromatic heterocycles. The summed E-state index contributed by atoms with van der Waals surface area (Å²) in [5.74, 6) is -2.82. The van der Waals surface area contributed by atoms with Gasteiger partial charge in [-0.1, -0.05) is 19.3 Å². The van der Waals surface area contributed by atoms with Crippen LogP contribution in [0.25, 0.3) is 0 Å². The Bertz CT molecular complexity index is 480. The van der Waals surface area contributed by atoms with Gasteiger partial charge in [-0.25, -0.2) is 4.79 Å². The van der Waals surface area contributed by atoms with Crippen LogP contribution < -0.4 is 5.73 Å². The Morgan fingerprint density at radius 1 is 1.38 bits per heavy atom. The molecule has 1 saturated carbocycles. The van der Waals surface area contributed by atoms with Gasteiger partial charge in [0.25, 0.3) is 0 Å². The van der Waals surface area contributed by atoms with Gasteiger partial charge in [0.2, 0.25) is 5.91 Å². The van der Waals surface area contributed by atoms with Crippen molar-refractivity contribution in [1.82, 2.24) is 0 Å². The summed E-state index contributed by atoms with van der Waals surface area (Å²) in [6.07, 6.45) is 3.41. The number of aliphatic hydroxyl groups excluding tert-OH is 1. The number of aliphatic hydroxyl groups is 1. The fourth-order valence-corrected chi connectivity index (χ4v) is 3.24. The van der Waals surface area contributed by atoms with Crippen molar-refractivity contribution in [3.63, 3.8) is 0 Å². The lowest BCUT2D eigenvalue weighted by Gasteiger charge is -2.40. The van der Waals surface area contributed by atoms with E-state index in [0.717, 1.165) is 19.3 Å². The summed E-state index contributed by atoms with van der Waals surface area (Å²) >= 11 is 0. The standard InChI is InChI=1S/C15H22N2O4/c1-3-21-14(20)12(10(2)18)15(7-5-4-6-8-15)11(9-16)13(17)19/h11,18H,3-8H2,1-2H3,(H2,17,19). The van der Waals surface area contributed by atoms with E-state index in [1.165, 1.54) is 6.92 Å². The van der Waals surface area contributed by atoms with Crippen LogP contribution in [0.3, 0.4) is 0 Å². The molecule has 1 rings (SSSR count). The lowest BCUT2D eigenvalue weighted by Crippen LogP contribution is -2.44. The number of hydrogen-bond acceptors (Lipinski definition) is 5. The summed E-state index contributed by atoms with van der Waals surface area (Å²) in [5.41, 5.74) is 4.33. The maximum atomic E-state index is 12.2. The number of nitrogens with zero attached hydrogens (tertiary/aromatic N) is 1. The molecule has 3 N–H and O–H groups in total. The molecule has 0 spiro atoms. The molecule has 1 unspecified atom stereocenters. The van der Waals surface area contributed by atoms with Crippen molar-refractivity contribution in [2.24, 2.45) is 17.1 Å². The highest BCUT2D eigenvalue weighted by Gasteiger charge is 2.50. The highest BCUT2D eigenvalue weighted by atomic mass is 16.5. The summed E-state index contributed by atoms with van der Waals surface area (Å²) in [6.45, 7) is 3.18. The van der Waals surface area contributed by atoms with Crippen LogP contribution in [-0.2, 0) is 14.3 Å². The molecule has 0 heterocycles. The molecule has 1 fully saturated rings. The molecule has 1 amide bonds. The second kappa shape index (κ2) is 7.11. The van der Waals surface area contributed by atoms with Crippen molar-refractivity contribution in [3.8, 4) is 6.07 Å². The Balaban J connectivity index is 3.41. The third kappa shape index (κ3) is 3.35. The first kappa shape index (κ1) is 17.0. The number of nitrogens with two attached hydrogens (primary N) is 1. The van der Waals surface area contributed by atoms with Gasteiger partial charge >= 0.3 is 5.97 Å². The summed E-state index contributed by atoms with van der Waals surface area (Å²) in [5, 5.41) is 19.3. The number of carbonyl (C=O) groups is 2. The number of hydrogen-bond donors (Lipinski definition) is 2. The largest absolute Gasteiger partial charge is 0.512 e. The van der Waals surface area contributed by atoms with Crippen LogP contribution in [0.2, 0.25) is 0 Å². The third-order valence-electron chi connectivity index (χ3n) is 4.05. The lowest BCUT2D eigenvalue weighted by atomic mass is 9.61. The van der Waals surface area contributed by atoms with E-state index in [2.05, 4.69) is 0 Å². The molecule has 1 atom stereocenters. The van der Waals surface area contributed by atoms with E-state index in [0.29, 0.717) is 12.8 Å². The number of rotatable bonds is 5. The number of esters is 1. The van der Waals surface area contributed by atoms with Crippen molar-refractivity contribution < 1.29 is 19.4 Å². The average molecular weight is 294 g/mol. The quantitative estimate of drug-likeness (QED) is 0.457. The maximum absolute atomic E-state index is 12.2. The summed E-state index contributed by atoms with van der Waals surface area (Å²) in [6, 6.07) is 1.92. The number of allylic oxidation sites excluding steroid dienone is 1. The molecule has 0 saturated heterocycles. The van der Waals surface area contributed by atoms with Gasteiger partial charge in [0.05, 0.1) is 18.2 Å². The van der Waals surface area contributed by atoms with Crippen molar-refractivity contribution >= 4 is 11.9 Å². The van der Waals surface area contributed by atoms with Crippen LogP contribution in [0.15, 0.2) is 11.3 Å². The van der Waals surface area contributed by atoms with Crippen LogP contribution >= 0.6 is 0 Å². The molecule has 0 aromatic carbocycles. The average Bonchev–Trinajstić information content (AvgIpc) is 2.39. The highest BCUT2D eigenvalue weighted by molar-refractivity contribution is 5.93. The van der Waals surface area contributed by atoms with Gasteiger partial charge in [0, 0.05) is 5.41 Å². The van der Waals surface area contributed by atoms with E-state index in [1.807, 2.05) is 6.07 Å². The maximum Gasteiger partial charge on any atom is 0.338 e. The number of carbonyl (C=O) groups excluding carboxylic acids is 2. The number of primary amides is 1. The van der Waals surface area contributed by atoms with Crippen molar-refractivity contribution in [3.05, 3.63) is 11.3 Å². The minimum absolute atomic E-state index is 0.0226. The zero-order valence-corrected chi connectivity index (χ0v) is 12.5. The zero-order chi connectivity index (χ0) is 16.0. The monoisotopic (exact) mass is 294 g/mol. The molecule has 0 bridgehead atoms. The molecule has 21 heavy (non-hydrogen) atoms. The van der Waals surface area contributed by atoms with Gasteiger partial charge < -0.3 is 15.6 Å². The Kier molecular flexibility index (Phi) is 5.77. The fourth-order valence-electron chi connectivity index (χ4n) is 3.24. The smallest absolute Gasteiger partial charge is 0.338 e. The predicted octanol–water partition coefficient (Wildman–Crippen LogP) is 1.96. The first-order chi connectivity index (χ1) is 9.90. The molecule has 0 radical (unpaired) electrons. The lowest BCUT2D eigenvalue weighted by molar-refractivity contribution is -0.141. The Labute approximate surface area is 124 Å². The molecule has 1 aliphatic rings. The summed E-state index contributed by atoms with van der Waals surface area (Å²) in [7, 11) is 0. The minimum atomic E-state index is -1.15. The molecule has 1 aliphatic carbocycles. The third-order valence-corrected chi connectivity index (χ3v) is 4.05. The van der Waals surface area contributed by atoms with Crippen LogP contribution in [0.1, 0.15) is 46.0 Å². The van der Waals surface area contributed by atoms with E-state index < -0.39 is 23.2 Å². The number of amides is 1. The molecular weight excluding hydrogens is 272 g/mol. The molecule has 0 aromatic rings. The van der Waals surface area contributed by atoms with Crippen LogP contribution in [0.4, 0.5) is 0 Å². The van der Waals surface area contributed by atoms with Crippen LogP contribution in [-0.4, -0.2) is 23.6 Å². The molecular formula is C15H22N2O4. The molecule has 6 heteroatoms. The van der Waals surface area contributed by atoms with E-state index in [-0.39, 0.29) is 17.9 Å². The molecule has 0 aliphatic heterocycles. The second-order valence-corrected chi connectivity index (χ2v) is 5.36.